The van der Waals surface area contributed by atoms with Crippen LogP contribution in [0.5, 0.6) is 0 Å². The Morgan fingerprint density at radius 2 is 0.885 bits per heavy atom. The van der Waals surface area contributed by atoms with Crippen molar-refractivity contribution in [2.45, 2.75) is 66.7 Å². The van der Waals surface area contributed by atoms with Gasteiger partial charge in [0.05, 0.1) is 0 Å². The monoisotopic (exact) mass is 430 g/mol. The molecule has 1 aromatic rings. The van der Waals surface area contributed by atoms with Crippen LogP contribution in [0.1, 0.15) is 55.4 Å². The van der Waals surface area contributed by atoms with Crippen molar-refractivity contribution in [2.75, 3.05) is 0 Å². The maximum atomic E-state index is 3.87. The molecule has 0 heterocycles. The predicted molar refractivity (Wildman–Crippen MR) is 120 cm³/mol. The Kier molecular flexibility index (Phi) is 5.31. The molecule has 138 valence electrons. The summed E-state index contributed by atoms with van der Waals surface area (Å²) in [5, 5.41) is 1.51. The van der Waals surface area contributed by atoms with Gasteiger partial charge in [-0.3, -0.25) is 0 Å². The van der Waals surface area contributed by atoms with Crippen molar-refractivity contribution in [3.05, 3.63) is 74.9 Å². The zero-order valence-electron chi connectivity index (χ0n) is 17.4. The second-order valence-electron chi connectivity index (χ2n) is 8.08. The Balaban J connectivity index is 2.34. The molecule has 0 N–H and O–H groups in total. The number of allylic oxidation sites excluding steroid dienone is 8. The van der Waals surface area contributed by atoms with Crippen molar-refractivity contribution in [3.8, 4) is 0 Å². The summed E-state index contributed by atoms with van der Waals surface area (Å²) in [5.41, 5.74) is 11.6. The summed E-state index contributed by atoms with van der Waals surface area (Å²) in [5.74, 6) is 0. The van der Waals surface area contributed by atoms with Crippen LogP contribution in [0.3, 0.4) is 0 Å². The van der Waals surface area contributed by atoms with Gasteiger partial charge in [-0.1, -0.05) is 0 Å². The third-order valence-corrected chi connectivity index (χ3v) is 15.2. The molecule has 0 spiro atoms. The molecule has 2 aliphatic rings. The Labute approximate surface area is 167 Å². The Morgan fingerprint density at radius 3 is 1.19 bits per heavy atom. The van der Waals surface area contributed by atoms with Gasteiger partial charge in [-0.05, 0) is 0 Å². The molecule has 0 bridgehead atoms. The van der Waals surface area contributed by atoms with Crippen LogP contribution in [0.15, 0.2) is 74.9 Å². The van der Waals surface area contributed by atoms with Crippen molar-refractivity contribution < 1.29 is 0 Å². The molecule has 0 saturated carbocycles. The van der Waals surface area contributed by atoms with Crippen molar-refractivity contribution >= 4 is 25.9 Å². The molecule has 0 fully saturated rings. The average molecular weight is 429 g/mol. The van der Waals surface area contributed by atoms with E-state index in [-0.39, 0.29) is 0 Å². The summed E-state index contributed by atoms with van der Waals surface area (Å²) < 4.78 is 0. The summed E-state index contributed by atoms with van der Waals surface area (Å²) in [7, 11) is 0. The average Bonchev–Trinajstić information content (AvgIpc) is 2.95. The number of benzene rings is 1. The second-order valence-corrected chi connectivity index (χ2v) is 14.9. The molecule has 26 heavy (non-hydrogen) atoms. The predicted octanol–water partition coefficient (Wildman–Crippen LogP) is 6.52. The van der Waals surface area contributed by atoms with E-state index < -0.39 is 5.51 Å². The van der Waals surface area contributed by atoms with E-state index in [2.05, 4.69) is 101 Å². The van der Waals surface area contributed by atoms with Crippen LogP contribution in [0.25, 0.3) is 0 Å². The molecule has 0 saturated heterocycles. The van der Waals surface area contributed by atoms with E-state index in [0.717, 1.165) is 0 Å². The first-order valence-corrected chi connectivity index (χ1v) is 13.6. The Morgan fingerprint density at radius 1 is 0.577 bits per heavy atom. The van der Waals surface area contributed by atoms with E-state index in [4.69, 9.17) is 0 Å². The van der Waals surface area contributed by atoms with Crippen molar-refractivity contribution in [1.29, 1.82) is 0 Å². The summed E-state index contributed by atoms with van der Waals surface area (Å²) >= 11 is 3.87. The molecule has 0 nitrogen and oxygen atoms in total. The van der Waals surface area contributed by atoms with Gasteiger partial charge < -0.3 is 0 Å². The summed E-state index contributed by atoms with van der Waals surface area (Å²) in [6, 6.07) is 11.3. The van der Waals surface area contributed by atoms with Gasteiger partial charge in [-0.15, -0.1) is 0 Å². The minimum atomic E-state index is -1.65. The van der Waals surface area contributed by atoms with Gasteiger partial charge in [0.25, 0.3) is 0 Å². The number of rotatable bonds is 3. The van der Waals surface area contributed by atoms with E-state index in [1.165, 1.54) is 27.6 Å². The van der Waals surface area contributed by atoms with Crippen molar-refractivity contribution in [1.82, 2.24) is 0 Å². The molecule has 1 aromatic carbocycles. The van der Waals surface area contributed by atoms with Crippen LogP contribution in [0.2, 0.25) is 0 Å². The van der Waals surface area contributed by atoms with E-state index in [1.54, 1.807) is 22.3 Å². The topological polar surface area (TPSA) is 0 Å². The molecule has 0 radical (unpaired) electrons. The van der Waals surface area contributed by atoms with Crippen LogP contribution in [-0.2, 0) is 0 Å². The van der Waals surface area contributed by atoms with E-state index >= 15 is 0 Å². The standard InChI is InChI=1S/C24H31PSe/c1-14-15(2)19(6)23(18(14)5)25(26,22-12-10-9-11-13-22)24-20(7)16(3)17(4)21(24)8/h9-13,23-24H,1-8H3. The van der Waals surface area contributed by atoms with E-state index in [0.29, 0.717) is 11.3 Å². The van der Waals surface area contributed by atoms with Gasteiger partial charge in [0, 0.05) is 0 Å². The van der Waals surface area contributed by atoms with Crippen LogP contribution in [0, 0.1) is 0 Å². The van der Waals surface area contributed by atoms with Crippen LogP contribution in [-0.4, -0.2) is 26.4 Å². The number of hydrogen-bond donors (Lipinski definition) is 0. The molecule has 0 unspecified atom stereocenters. The van der Waals surface area contributed by atoms with Crippen molar-refractivity contribution in [2.24, 2.45) is 0 Å². The zero-order chi connectivity index (χ0) is 19.4. The quantitative estimate of drug-likeness (QED) is 0.379. The third kappa shape index (κ3) is 2.67. The van der Waals surface area contributed by atoms with E-state index in [1.807, 2.05) is 0 Å². The van der Waals surface area contributed by atoms with Gasteiger partial charge >= 0.3 is 168 Å². The van der Waals surface area contributed by atoms with Gasteiger partial charge in [-0.25, -0.2) is 0 Å². The maximum absolute atomic E-state index is 3.87. The summed E-state index contributed by atoms with van der Waals surface area (Å²) in [6.07, 6.45) is 0. The van der Waals surface area contributed by atoms with Gasteiger partial charge in [0.2, 0.25) is 0 Å². The second kappa shape index (κ2) is 6.94. The molecule has 0 amide bonds. The van der Waals surface area contributed by atoms with E-state index in [9.17, 15) is 0 Å². The van der Waals surface area contributed by atoms with Gasteiger partial charge in [0.1, 0.15) is 0 Å². The van der Waals surface area contributed by atoms with Gasteiger partial charge in [0.15, 0.2) is 0 Å². The minimum absolute atomic E-state index is 0.512. The fourth-order valence-electron chi connectivity index (χ4n) is 4.91. The molecule has 0 aromatic heterocycles. The molecule has 2 heteroatoms. The molecule has 0 atom stereocenters. The summed E-state index contributed by atoms with van der Waals surface area (Å²) in [4.78, 5) is 0. The third-order valence-electron chi connectivity index (χ3n) is 7.06. The summed E-state index contributed by atoms with van der Waals surface area (Å²) in [6.45, 7) is 18.7. The van der Waals surface area contributed by atoms with Crippen LogP contribution < -0.4 is 5.30 Å². The SMILES string of the molecule is CC1=C(C)C(P(=[Se])(c2ccccc2)C2C(C)=C(C)C(C)=C2C)C(C)=C1C. The fraction of sp³-hybridized carbons (Fsp3) is 0.417. The molecule has 0 aliphatic heterocycles. The Hall–Kier alpha value is -0.871. The first-order valence-electron chi connectivity index (χ1n) is 9.49. The first-order chi connectivity index (χ1) is 12.1. The van der Waals surface area contributed by atoms with Crippen molar-refractivity contribution in [3.63, 3.8) is 0 Å². The molecule has 2 aliphatic carbocycles. The molecular weight excluding hydrogens is 398 g/mol. The Bertz CT molecular complexity index is 834. The normalized spacial score (nSPS) is 20.3. The van der Waals surface area contributed by atoms with Crippen LogP contribution in [0.4, 0.5) is 0 Å². The molecule has 3 rings (SSSR count). The van der Waals surface area contributed by atoms with Crippen LogP contribution >= 0.6 is 5.51 Å². The zero-order valence-corrected chi connectivity index (χ0v) is 20.0. The fourth-order valence-corrected chi connectivity index (χ4v) is 14.3. The molecular formula is C24H31PSe. The van der Waals surface area contributed by atoms with Gasteiger partial charge in [-0.2, -0.15) is 0 Å². The first kappa shape index (κ1) is 19.9. The number of hydrogen-bond acceptors (Lipinski definition) is 0.